The van der Waals surface area contributed by atoms with E-state index in [0.29, 0.717) is 24.2 Å². The molecule has 5 rings (SSSR count). The monoisotopic (exact) mass is 477 g/mol. The lowest BCUT2D eigenvalue weighted by Crippen LogP contribution is -2.61. The van der Waals surface area contributed by atoms with E-state index in [0.717, 1.165) is 17.3 Å². The minimum atomic E-state index is -0.991. The van der Waals surface area contributed by atoms with Crippen molar-refractivity contribution in [2.75, 3.05) is 6.61 Å². The SMILES string of the molecule is CC(C)c1cc(CNC(=O)C2=C3CC(NC(=O)COc4ccc(Cl)c(F)c4)(C3)CC2O)on1. The molecule has 2 aromatic rings. The number of ether oxygens (including phenoxy) is 1. The van der Waals surface area contributed by atoms with Gasteiger partial charge in [-0.2, -0.15) is 0 Å². The Labute approximate surface area is 195 Å². The van der Waals surface area contributed by atoms with Crippen LogP contribution in [0.1, 0.15) is 50.5 Å². The predicted octanol–water partition coefficient (Wildman–Crippen LogP) is 3.00. The zero-order valence-corrected chi connectivity index (χ0v) is 19.0. The number of carbonyl (C=O) groups excluding carboxylic acids is 2. The summed E-state index contributed by atoms with van der Waals surface area (Å²) in [6.07, 6.45) is 0.192. The van der Waals surface area contributed by atoms with Crippen molar-refractivity contribution in [3.63, 3.8) is 0 Å². The van der Waals surface area contributed by atoms with Gasteiger partial charge in [-0.15, -0.1) is 0 Å². The Bertz CT molecular complexity index is 1110. The fourth-order valence-corrected chi connectivity index (χ4v) is 4.37. The first-order valence-corrected chi connectivity index (χ1v) is 11.1. The Morgan fingerprint density at radius 3 is 2.76 bits per heavy atom. The molecule has 1 saturated carbocycles. The first-order chi connectivity index (χ1) is 15.7. The molecule has 1 fully saturated rings. The number of nitrogens with zero attached hydrogens (tertiary/aromatic N) is 1. The molecule has 2 bridgehead atoms. The van der Waals surface area contributed by atoms with E-state index in [-0.39, 0.29) is 42.2 Å². The number of hydrogen-bond acceptors (Lipinski definition) is 6. The summed E-state index contributed by atoms with van der Waals surface area (Å²) < 4.78 is 24.0. The molecule has 0 spiro atoms. The number of amides is 2. The number of aliphatic hydroxyl groups excluding tert-OH is 1. The molecular weight excluding hydrogens is 453 g/mol. The Morgan fingerprint density at radius 2 is 2.12 bits per heavy atom. The molecule has 3 N–H and O–H groups in total. The fraction of sp³-hybridized carbons (Fsp3) is 0.435. The van der Waals surface area contributed by atoms with Gasteiger partial charge in [-0.05, 0) is 30.9 Å². The van der Waals surface area contributed by atoms with E-state index in [9.17, 15) is 19.1 Å². The highest BCUT2D eigenvalue weighted by molar-refractivity contribution is 6.30. The summed E-state index contributed by atoms with van der Waals surface area (Å²) in [6, 6.07) is 5.72. The quantitative estimate of drug-likeness (QED) is 0.538. The molecule has 0 saturated heterocycles. The van der Waals surface area contributed by atoms with Crippen LogP contribution in [0.5, 0.6) is 5.75 Å². The van der Waals surface area contributed by atoms with Crippen molar-refractivity contribution in [1.29, 1.82) is 0 Å². The van der Waals surface area contributed by atoms with Gasteiger partial charge in [-0.3, -0.25) is 9.59 Å². The van der Waals surface area contributed by atoms with Crippen LogP contribution >= 0.6 is 11.6 Å². The number of hydrogen-bond donors (Lipinski definition) is 3. The van der Waals surface area contributed by atoms with Crippen molar-refractivity contribution >= 4 is 23.4 Å². The van der Waals surface area contributed by atoms with Crippen LogP contribution in [-0.4, -0.2) is 40.3 Å². The summed E-state index contributed by atoms with van der Waals surface area (Å²) in [5.41, 5.74) is 1.36. The average Bonchev–Trinajstić information content (AvgIpc) is 3.21. The third-order valence-corrected chi connectivity index (χ3v) is 6.21. The minimum Gasteiger partial charge on any atom is -0.484 e. The Morgan fingerprint density at radius 1 is 1.36 bits per heavy atom. The van der Waals surface area contributed by atoms with Crippen molar-refractivity contribution in [2.24, 2.45) is 0 Å². The van der Waals surface area contributed by atoms with Crippen LogP contribution in [0.25, 0.3) is 0 Å². The number of rotatable bonds is 8. The maximum Gasteiger partial charge on any atom is 0.258 e. The lowest BCUT2D eigenvalue weighted by Gasteiger charge is -2.51. The second kappa shape index (κ2) is 9.15. The van der Waals surface area contributed by atoms with E-state index < -0.39 is 23.4 Å². The van der Waals surface area contributed by atoms with Crippen LogP contribution in [0.4, 0.5) is 4.39 Å². The first-order valence-electron chi connectivity index (χ1n) is 10.7. The van der Waals surface area contributed by atoms with E-state index in [2.05, 4.69) is 15.8 Å². The molecule has 2 amide bonds. The topological polar surface area (TPSA) is 114 Å². The molecule has 1 atom stereocenters. The second-order valence-electron chi connectivity index (χ2n) is 8.84. The predicted molar refractivity (Wildman–Crippen MR) is 117 cm³/mol. The summed E-state index contributed by atoms with van der Waals surface area (Å²) in [6.45, 7) is 3.86. The molecule has 1 aromatic heterocycles. The van der Waals surface area contributed by atoms with E-state index in [4.69, 9.17) is 20.9 Å². The standard InChI is InChI=1S/C23H25ClFN3O5/c1-12(2)18-6-15(33-28-18)10-26-22(31)21-13-7-23(8-13,9-19(21)29)27-20(30)11-32-14-3-4-16(24)17(25)5-14/h3-6,12,19,29H,7-11H2,1-2H3,(H,26,31)(H,27,30). The van der Waals surface area contributed by atoms with Crippen LogP contribution in [0.15, 0.2) is 39.9 Å². The molecule has 0 radical (unpaired) electrons. The summed E-state index contributed by atoms with van der Waals surface area (Å²) >= 11 is 5.63. The molecule has 3 aliphatic carbocycles. The van der Waals surface area contributed by atoms with Crippen molar-refractivity contribution < 1.29 is 28.3 Å². The lowest BCUT2D eigenvalue weighted by molar-refractivity contribution is -0.126. The highest BCUT2D eigenvalue weighted by atomic mass is 35.5. The van der Waals surface area contributed by atoms with Crippen molar-refractivity contribution in [2.45, 2.75) is 57.2 Å². The van der Waals surface area contributed by atoms with E-state index in [1.165, 1.54) is 12.1 Å². The average molecular weight is 478 g/mol. The molecule has 8 nitrogen and oxygen atoms in total. The number of fused-ring (bicyclic) bond motifs is 2. The van der Waals surface area contributed by atoms with Gasteiger partial charge in [0.2, 0.25) is 5.91 Å². The zero-order chi connectivity index (χ0) is 23.8. The summed E-state index contributed by atoms with van der Waals surface area (Å²) in [4.78, 5) is 25.0. The highest BCUT2D eigenvalue weighted by Gasteiger charge is 2.51. The van der Waals surface area contributed by atoms with E-state index in [1.54, 1.807) is 6.07 Å². The minimum absolute atomic E-state index is 0.0309. The maximum absolute atomic E-state index is 13.5. The van der Waals surface area contributed by atoms with Crippen molar-refractivity contribution in [3.8, 4) is 5.75 Å². The molecule has 1 unspecified atom stereocenters. The smallest absolute Gasteiger partial charge is 0.258 e. The van der Waals surface area contributed by atoms with Crippen LogP contribution in [0, 0.1) is 5.82 Å². The molecule has 1 heterocycles. The summed E-state index contributed by atoms with van der Waals surface area (Å²) in [5, 5.41) is 20.1. The molecule has 0 aliphatic heterocycles. The van der Waals surface area contributed by atoms with Crippen LogP contribution in [0.2, 0.25) is 5.02 Å². The van der Waals surface area contributed by atoms with E-state index >= 15 is 0 Å². The Balaban J connectivity index is 1.30. The van der Waals surface area contributed by atoms with Crippen molar-refractivity contribution in [3.05, 3.63) is 57.7 Å². The lowest BCUT2D eigenvalue weighted by atomic mass is 9.61. The number of aliphatic hydroxyl groups is 1. The first kappa shape index (κ1) is 23.3. The van der Waals surface area contributed by atoms with Gasteiger partial charge in [0, 0.05) is 24.1 Å². The van der Waals surface area contributed by atoms with Crippen LogP contribution in [-0.2, 0) is 16.1 Å². The van der Waals surface area contributed by atoms with Crippen molar-refractivity contribution in [1.82, 2.24) is 15.8 Å². The molecule has 10 heteroatoms. The van der Waals surface area contributed by atoms with Gasteiger partial charge in [0.05, 0.1) is 28.9 Å². The van der Waals surface area contributed by atoms with E-state index in [1.807, 2.05) is 13.8 Å². The molecule has 33 heavy (non-hydrogen) atoms. The van der Waals surface area contributed by atoms with Gasteiger partial charge in [0.1, 0.15) is 11.6 Å². The maximum atomic E-state index is 13.5. The molecule has 176 valence electrons. The number of carbonyl (C=O) groups is 2. The summed E-state index contributed by atoms with van der Waals surface area (Å²) in [5.74, 6) is -0.429. The third-order valence-electron chi connectivity index (χ3n) is 5.90. The largest absolute Gasteiger partial charge is 0.484 e. The molecule has 1 aromatic carbocycles. The third kappa shape index (κ3) is 5.04. The van der Waals surface area contributed by atoms with Gasteiger partial charge >= 0.3 is 0 Å². The van der Waals surface area contributed by atoms with Gasteiger partial charge in [0.25, 0.3) is 5.91 Å². The number of benzene rings is 1. The molecular formula is C23H25ClFN3O5. The van der Waals surface area contributed by atoms with Gasteiger partial charge in [-0.25, -0.2) is 4.39 Å². The van der Waals surface area contributed by atoms with Gasteiger partial charge < -0.3 is 25.0 Å². The van der Waals surface area contributed by atoms with Gasteiger partial charge in [-0.1, -0.05) is 36.2 Å². The van der Waals surface area contributed by atoms with Crippen LogP contribution in [0.3, 0.4) is 0 Å². The molecule has 3 aliphatic rings. The Kier molecular flexibility index (Phi) is 6.45. The highest BCUT2D eigenvalue weighted by Crippen LogP contribution is 2.48. The second-order valence-corrected chi connectivity index (χ2v) is 9.25. The Hall–Kier alpha value is -2.91. The fourth-order valence-electron chi connectivity index (χ4n) is 4.25. The zero-order valence-electron chi connectivity index (χ0n) is 18.3. The number of nitrogens with one attached hydrogen (secondary N) is 2. The summed E-state index contributed by atoms with van der Waals surface area (Å²) in [7, 11) is 0. The van der Waals surface area contributed by atoms with Gasteiger partial charge in [0.15, 0.2) is 12.4 Å². The van der Waals surface area contributed by atoms with Crippen LogP contribution < -0.4 is 15.4 Å². The number of halogens is 2. The number of aromatic nitrogens is 1. The normalized spacial score (nSPS) is 21.6.